The lowest BCUT2D eigenvalue weighted by Crippen LogP contribution is -2.17. The van der Waals surface area contributed by atoms with Gasteiger partial charge in [-0.1, -0.05) is 36.4 Å². The minimum absolute atomic E-state index is 0.0491. The van der Waals surface area contributed by atoms with E-state index < -0.39 is 36.1 Å². The van der Waals surface area contributed by atoms with Crippen LogP contribution in [0.3, 0.4) is 0 Å². The number of phenolic OH excluding ortho intramolecular Hbond substituents is 8. The van der Waals surface area contributed by atoms with E-state index in [1.54, 1.807) is 127 Å². The largest absolute Gasteiger partial charge is 0.508 e. The minimum atomic E-state index is -0.789. The van der Waals surface area contributed by atoms with Gasteiger partial charge in [-0.05, 0) is 124 Å². The van der Waals surface area contributed by atoms with Crippen molar-refractivity contribution in [1.29, 1.82) is 0 Å². The van der Waals surface area contributed by atoms with Gasteiger partial charge in [0.15, 0.2) is 0 Å². The van der Waals surface area contributed by atoms with Crippen molar-refractivity contribution in [2.45, 2.75) is 36.1 Å². The molecule has 0 aromatic heterocycles. The molecule has 0 saturated carbocycles. The van der Waals surface area contributed by atoms with Crippen molar-refractivity contribution >= 4 is 5.76 Å². The van der Waals surface area contributed by atoms with Gasteiger partial charge in [-0.15, -0.1) is 0 Å². The van der Waals surface area contributed by atoms with Crippen LogP contribution in [0, 0.1) is 0 Å². The van der Waals surface area contributed by atoms with Gasteiger partial charge < -0.3 is 55.1 Å². The molecule has 7 aromatic rings. The first-order chi connectivity index (χ1) is 29.5. The van der Waals surface area contributed by atoms with Crippen molar-refractivity contribution in [3.63, 3.8) is 0 Å². The van der Waals surface area contributed by atoms with Crippen LogP contribution in [0.1, 0.15) is 86.1 Å². The van der Waals surface area contributed by atoms with Crippen LogP contribution in [-0.4, -0.2) is 40.9 Å². The zero-order valence-electron chi connectivity index (χ0n) is 32.1. The molecule has 3 aliphatic heterocycles. The second-order valence-electron chi connectivity index (χ2n) is 15.6. The molecule has 0 bridgehead atoms. The highest BCUT2D eigenvalue weighted by Gasteiger charge is 2.48. The van der Waals surface area contributed by atoms with Gasteiger partial charge in [-0.25, -0.2) is 0 Å². The first kappa shape index (κ1) is 37.4. The number of fused-ring (bicyclic) bond motifs is 2. The standard InChI is InChI=1S/C50H38O11/c51-30-9-1-25(2-10-30)41-24-39(48(59-41)26-3-11-31(52)12-4-26)38-20-36(57)22-42-45(38)47(50(61-42)28-7-15-33(54)16-8-28)40-21-37(58)23-43-46(40)44(29-17-34(55)19-35(56)18-29)49(60-43)27-5-13-32(53)14-6-27/h1-24,39,44,47-58H/t39-,44+,47+,48-,49+,50+/m1/s1. The quantitative estimate of drug-likeness (QED) is 0.0765. The van der Waals surface area contributed by atoms with E-state index in [2.05, 4.69) is 0 Å². The molecule has 7 aromatic carbocycles. The van der Waals surface area contributed by atoms with Gasteiger partial charge in [0.05, 0.1) is 11.8 Å². The molecular formula is C50H38O11. The summed E-state index contributed by atoms with van der Waals surface area (Å²) >= 11 is 0. The van der Waals surface area contributed by atoms with Crippen LogP contribution in [0.4, 0.5) is 0 Å². The monoisotopic (exact) mass is 814 g/mol. The number of benzene rings is 7. The zero-order chi connectivity index (χ0) is 42.1. The molecule has 0 saturated heterocycles. The lowest BCUT2D eigenvalue weighted by atomic mass is 9.74. The van der Waals surface area contributed by atoms with Crippen LogP contribution in [0.15, 0.2) is 146 Å². The van der Waals surface area contributed by atoms with Crippen molar-refractivity contribution < 1.29 is 55.1 Å². The fourth-order valence-electron chi connectivity index (χ4n) is 9.16. The van der Waals surface area contributed by atoms with E-state index in [0.717, 1.165) is 5.56 Å². The summed E-state index contributed by atoms with van der Waals surface area (Å²) in [5.74, 6) is -0.959. The highest BCUT2D eigenvalue weighted by Crippen LogP contribution is 2.61. The molecule has 61 heavy (non-hydrogen) atoms. The summed E-state index contributed by atoms with van der Waals surface area (Å²) in [7, 11) is 0. The molecule has 0 aliphatic carbocycles. The van der Waals surface area contributed by atoms with E-state index in [9.17, 15) is 40.9 Å². The van der Waals surface area contributed by atoms with Gasteiger partial charge in [0, 0.05) is 40.8 Å². The van der Waals surface area contributed by atoms with Gasteiger partial charge in [-0.2, -0.15) is 0 Å². The van der Waals surface area contributed by atoms with Gasteiger partial charge in [0.2, 0.25) is 0 Å². The summed E-state index contributed by atoms with van der Waals surface area (Å²) in [4.78, 5) is 0. The Kier molecular flexibility index (Phi) is 8.83. The molecule has 11 nitrogen and oxygen atoms in total. The van der Waals surface area contributed by atoms with Crippen molar-refractivity contribution in [2.75, 3.05) is 0 Å². The van der Waals surface area contributed by atoms with Gasteiger partial charge in [0.25, 0.3) is 0 Å². The molecule has 0 unspecified atom stereocenters. The maximum Gasteiger partial charge on any atom is 0.135 e. The van der Waals surface area contributed by atoms with Gasteiger partial charge in [0.1, 0.15) is 81.6 Å². The number of hydrogen-bond donors (Lipinski definition) is 8. The number of rotatable bonds is 7. The van der Waals surface area contributed by atoms with Crippen LogP contribution < -0.4 is 9.47 Å². The smallest absolute Gasteiger partial charge is 0.135 e. The van der Waals surface area contributed by atoms with E-state index in [4.69, 9.17) is 14.2 Å². The van der Waals surface area contributed by atoms with Crippen LogP contribution in [0.25, 0.3) is 5.76 Å². The molecular weight excluding hydrogens is 777 g/mol. The minimum Gasteiger partial charge on any atom is -0.508 e. The summed E-state index contributed by atoms with van der Waals surface area (Å²) in [6.45, 7) is 0. The summed E-state index contributed by atoms with van der Waals surface area (Å²) in [6, 6.07) is 37.3. The Hall–Kier alpha value is -7.92. The number of hydrogen-bond acceptors (Lipinski definition) is 11. The molecule has 3 aliphatic rings. The molecule has 10 rings (SSSR count). The molecule has 0 fully saturated rings. The van der Waals surface area contributed by atoms with E-state index in [-0.39, 0.29) is 46.0 Å². The molecule has 3 heterocycles. The highest BCUT2D eigenvalue weighted by atomic mass is 16.5. The molecule has 11 heteroatoms. The predicted molar refractivity (Wildman–Crippen MR) is 223 cm³/mol. The maximum atomic E-state index is 11.6. The summed E-state index contributed by atoms with van der Waals surface area (Å²) in [5.41, 5.74) is 5.88. The van der Waals surface area contributed by atoms with Crippen molar-refractivity contribution in [1.82, 2.24) is 0 Å². The zero-order valence-corrected chi connectivity index (χ0v) is 32.1. The third kappa shape index (κ3) is 6.66. The predicted octanol–water partition coefficient (Wildman–Crippen LogP) is 9.76. The molecule has 0 amide bonds. The van der Waals surface area contributed by atoms with Crippen molar-refractivity contribution in [3.05, 3.63) is 196 Å². The highest BCUT2D eigenvalue weighted by molar-refractivity contribution is 5.69. The second-order valence-corrected chi connectivity index (χ2v) is 15.6. The Morgan fingerprint density at radius 1 is 0.328 bits per heavy atom. The molecule has 0 spiro atoms. The van der Waals surface area contributed by atoms with E-state index in [1.807, 2.05) is 6.08 Å². The van der Waals surface area contributed by atoms with Gasteiger partial charge >= 0.3 is 0 Å². The molecule has 304 valence electrons. The Balaban J connectivity index is 1.22. The van der Waals surface area contributed by atoms with E-state index >= 15 is 0 Å². The lowest BCUT2D eigenvalue weighted by molar-refractivity contribution is 0.178. The first-order valence-electron chi connectivity index (χ1n) is 19.6. The Labute approximate surface area is 349 Å². The lowest BCUT2D eigenvalue weighted by Gasteiger charge is -2.28. The maximum absolute atomic E-state index is 11.6. The second kappa shape index (κ2) is 14.4. The van der Waals surface area contributed by atoms with Crippen LogP contribution in [-0.2, 0) is 4.74 Å². The molecule has 0 radical (unpaired) electrons. The van der Waals surface area contributed by atoms with Crippen LogP contribution in [0.2, 0.25) is 0 Å². The van der Waals surface area contributed by atoms with E-state index in [0.29, 0.717) is 61.8 Å². The Morgan fingerprint density at radius 2 is 0.738 bits per heavy atom. The number of aromatic hydroxyl groups is 8. The number of ether oxygens (including phenoxy) is 3. The summed E-state index contributed by atoms with van der Waals surface area (Å²) < 4.78 is 20.3. The third-order valence-electron chi connectivity index (χ3n) is 11.8. The first-order valence-corrected chi connectivity index (χ1v) is 19.6. The summed E-state index contributed by atoms with van der Waals surface area (Å²) in [6.07, 6.45) is -0.241. The average Bonchev–Trinajstić information content (AvgIpc) is 3.95. The number of phenols is 8. The summed E-state index contributed by atoms with van der Waals surface area (Å²) in [5, 5.41) is 85.6. The topological polar surface area (TPSA) is 190 Å². The SMILES string of the molecule is Oc1ccc(C2=C[C@H](c3cc(O)cc4c3[C@H](c3cc(O)cc5c3[C@H](c3cc(O)cc(O)c3)[C@H](c3ccc(O)cc3)O5)[C@H](c3ccc(O)cc3)O4)[C@@H](c3ccc(O)cc3)O2)cc1. The van der Waals surface area contributed by atoms with Crippen LogP contribution in [0.5, 0.6) is 57.5 Å². The molecule has 6 atom stereocenters. The van der Waals surface area contributed by atoms with Crippen LogP contribution >= 0.6 is 0 Å². The third-order valence-corrected chi connectivity index (χ3v) is 11.8. The Bertz CT molecular complexity index is 2810. The normalized spacial score (nSPS) is 21.1. The Morgan fingerprint density at radius 3 is 1.25 bits per heavy atom. The van der Waals surface area contributed by atoms with Crippen molar-refractivity contribution in [2.24, 2.45) is 0 Å². The average molecular weight is 815 g/mol. The fourth-order valence-corrected chi connectivity index (χ4v) is 9.16. The van der Waals surface area contributed by atoms with Crippen molar-refractivity contribution in [3.8, 4) is 57.5 Å². The fraction of sp³-hybridized carbons (Fsp3) is 0.120. The van der Waals surface area contributed by atoms with E-state index in [1.165, 1.54) is 12.1 Å². The van der Waals surface area contributed by atoms with Gasteiger partial charge in [-0.3, -0.25) is 0 Å². The molecule has 8 N–H and O–H groups in total.